The summed E-state index contributed by atoms with van der Waals surface area (Å²) < 4.78 is 0. The number of nitrogens with zero attached hydrogens (tertiary/aromatic N) is 3. The van der Waals surface area contributed by atoms with Crippen molar-refractivity contribution in [2.75, 3.05) is 4.90 Å². The molecule has 3 aromatic rings. The van der Waals surface area contributed by atoms with E-state index in [2.05, 4.69) is 15.3 Å². The van der Waals surface area contributed by atoms with Gasteiger partial charge in [-0.1, -0.05) is 23.8 Å². The molecule has 6 heteroatoms. The van der Waals surface area contributed by atoms with E-state index in [9.17, 15) is 9.59 Å². The highest BCUT2D eigenvalue weighted by Crippen LogP contribution is 2.38. The van der Waals surface area contributed by atoms with Gasteiger partial charge in [-0.3, -0.25) is 24.5 Å². The van der Waals surface area contributed by atoms with Crippen LogP contribution in [0.1, 0.15) is 39.8 Å². The van der Waals surface area contributed by atoms with Crippen molar-refractivity contribution in [3.05, 3.63) is 89.5 Å². The van der Waals surface area contributed by atoms with Gasteiger partial charge in [0.25, 0.3) is 5.91 Å². The van der Waals surface area contributed by atoms with E-state index in [1.807, 2.05) is 49.4 Å². The summed E-state index contributed by atoms with van der Waals surface area (Å²) in [6.07, 6.45) is 3.48. The van der Waals surface area contributed by atoms with Gasteiger partial charge in [-0.2, -0.15) is 0 Å². The minimum Gasteiger partial charge on any atom is -0.350 e. The summed E-state index contributed by atoms with van der Waals surface area (Å²) in [6.45, 7) is 2.34. The van der Waals surface area contributed by atoms with Crippen LogP contribution < -0.4 is 10.2 Å². The maximum atomic E-state index is 13.0. The average Bonchev–Trinajstić information content (AvgIpc) is 3.00. The lowest BCUT2D eigenvalue weighted by molar-refractivity contribution is -0.121. The highest BCUT2D eigenvalue weighted by atomic mass is 16.2. The van der Waals surface area contributed by atoms with Crippen LogP contribution in [-0.2, 0) is 11.3 Å². The number of amides is 2. The molecule has 1 aliphatic heterocycles. The minimum absolute atomic E-state index is 0.130. The molecule has 2 amide bonds. The number of aryl methyl sites for hydroxylation is 1. The van der Waals surface area contributed by atoms with Crippen molar-refractivity contribution in [1.82, 2.24) is 15.3 Å². The van der Waals surface area contributed by atoms with Crippen molar-refractivity contribution in [2.24, 2.45) is 0 Å². The van der Waals surface area contributed by atoms with E-state index in [0.717, 1.165) is 16.9 Å². The van der Waals surface area contributed by atoms with E-state index in [4.69, 9.17) is 0 Å². The Balaban J connectivity index is 1.57. The molecule has 0 radical (unpaired) electrons. The van der Waals surface area contributed by atoms with Gasteiger partial charge in [0.2, 0.25) is 5.91 Å². The van der Waals surface area contributed by atoms with Crippen LogP contribution in [0.2, 0.25) is 0 Å². The van der Waals surface area contributed by atoms with Gasteiger partial charge in [-0.15, -0.1) is 0 Å². The SMILES string of the molecule is Cc1ccc(N2C(=O)c3cccnc3[C@@H]2CC(=O)NCc2ccccn2)cc1. The Hall–Kier alpha value is -3.54. The Morgan fingerprint density at radius 3 is 2.57 bits per heavy atom. The number of benzene rings is 1. The summed E-state index contributed by atoms with van der Waals surface area (Å²) >= 11 is 0. The topological polar surface area (TPSA) is 75.2 Å². The Bertz CT molecular complexity index is 1000. The van der Waals surface area contributed by atoms with E-state index in [1.165, 1.54) is 0 Å². The molecular weight excluding hydrogens is 352 g/mol. The Morgan fingerprint density at radius 2 is 1.82 bits per heavy atom. The highest BCUT2D eigenvalue weighted by Gasteiger charge is 2.39. The van der Waals surface area contributed by atoms with E-state index in [-0.39, 0.29) is 18.2 Å². The number of hydrogen-bond donors (Lipinski definition) is 1. The Kier molecular flexibility index (Phi) is 4.85. The number of carbonyl (C=O) groups is 2. The van der Waals surface area contributed by atoms with Crippen LogP contribution in [0.25, 0.3) is 0 Å². The van der Waals surface area contributed by atoms with Gasteiger partial charge in [0.1, 0.15) is 0 Å². The van der Waals surface area contributed by atoms with Crippen LogP contribution in [0.3, 0.4) is 0 Å². The number of aromatic nitrogens is 2. The molecule has 0 fully saturated rings. The van der Waals surface area contributed by atoms with Crippen LogP contribution in [0, 0.1) is 6.92 Å². The molecule has 0 saturated carbocycles. The van der Waals surface area contributed by atoms with Crippen LogP contribution >= 0.6 is 0 Å². The van der Waals surface area contributed by atoms with Crippen LogP contribution in [0.4, 0.5) is 5.69 Å². The van der Waals surface area contributed by atoms with Crippen molar-refractivity contribution < 1.29 is 9.59 Å². The van der Waals surface area contributed by atoms with Gasteiger partial charge in [-0.05, 0) is 43.3 Å². The molecule has 0 saturated heterocycles. The second kappa shape index (κ2) is 7.60. The zero-order valence-electron chi connectivity index (χ0n) is 15.5. The number of pyridine rings is 2. The van der Waals surface area contributed by atoms with Crippen LogP contribution in [0.5, 0.6) is 0 Å². The van der Waals surface area contributed by atoms with Crippen molar-refractivity contribution in [1.29, 1.82) is 0 Å². The smallest absolute Gasteiger partial charge is 0.260 e. The predicted octanol–water partition coefficient (Wildman–Crippen LogP) is 3.19. The normalized spacial score (nSPS) is 15.4. The average molecular weight is 372 g/mol. The molecule has 1 N–H and O–H groups in total. The molecule has 28 heavy (non-hydrogen) atoms. The predicted molar refractivity (Wildman–Crippen MR) is 106 cm³/mol. The van der Waals surface area contributed by atoms with Gasteiger partial charge < -0.3 is 5.32 Å². The van der Waals surface area contributed by atoms with Crippen molar-refractivity contribution >= 4 is 17.5 Å². The summed E-state index contributed by atoms with van der Waals surface area (Å²) in [4.78, 5) is 35.9. The fourth-order valence-corrected chi connectivity index (χ4v) is 3.39. The van der Waals surface area contributed by atoms with Gasteiger partial charge in [0.15, 0.2) is 0 Å². The molecule has 2 aromatic heterocycles. The first-order valence-electron chi connectivity index (χ1n) is 9.15. The van der Waals surface area contributed by atoms with E-state index < -0.39 is 6.04 Å². The molecule has 140 valence electrons. The maximum Gasteiger partial charge on any atom is 0.260 e. The molecule has 1 aliphatic rings. The van der Waals surface area contributed by atoms with Crippen molar-refractivity contribution in [3.8, 4) is 0 Å². The first kappa shape index (κ1) is 17.9. The summed E-state index contributed by atoms with van der Waals surface area (Å²) in [7, 11) is 0. The molecule has 0 bridgehead atoms. The fraction of sp³-hybridized carbons (Fsp3) is 0.182. The monoisotopic (exact) mass is 372 g/mol. The number of nitrogens with one attached hydrogen (secondary N) is 1. The lowest BCUT2D eigenvalue weighted by atomic mass is 10.1. The minimum atomic E-state index is -0.435. The van der Waals surface area contributed by atoms with Crippen molar-refractivity contribution in [2.45, 2.75) is 25.9 Å². The van der Waals surface area contributed by atoms with Crippen LogP contribution in [0.15, 0.2) is 67.0 Å². The molecule has 1 atom stereocenters. The third-order valence-corrected chi connectivity index (χ3v) is 4.80. The summed E-state index contributed by atoms with van der Waals surface area (Å²) in [5.74, 6) is -0.284. The Morgan fingerprint density at radius 1 is 1.04 bits per heavy atom. The summed E-state index contributed by atoms with van der Waals surface area (Å²) in [5, 5.41) is 2.89. The third-order valence-electron chi connectivity index (χ3n) is 4.80. The second-order valence-electron chi connectivity index (χ2n) is 6.76. The zero-order chi connectivity index (χ0) is 19.5. The number of fused-ring (bicyclic) bond motifs is 1. The quantitative estimate of drug-likeness (QED) is 0.746. The summed E-state index contributed by atoms with van der Waals surface area (Å²) in [6, 6.07) is 16.3. The highest BCUT2D eigenvalue weighted by molar-refractivity contribution is 6.11. The van der Waals surface area contributed by atoms with Gasteiger partial charge >= 0.3 is 0 Å². The van der Waals surface area contributed by atoms with Crippen molar-refractivity contribution in [3.63, 3.8) is 0 Å². The first-order valence-corrected chi connectivity index (χ1v) is 9.15. The maximum absolute atomic E-state index is 13.0. The number of rotatable bonds is 5. The second-order valence-corrected chi connectivity index (χ2v) is 6.76. The molecule has 0 unspecified atom stereocenters. The summed E-state index contributed by atoms with van der Waals surface area (Å²) in [5.41, 5.74) is 3.84. The van der Waals surface area contributed by atoms with E-state index in [0.29, 0.717) is 17.8 Å². The van der Waals surface area contributed by atoms with Gasteiger partial charge in [0.05, 0.1) is 36.0 Å². The molecule has 6 nitrogen and oxygen atoms in total. The zero-order valence-corrected chi connectivity index (χ0v) is 15.5. The van der Waals surface area contributed by atoms with Gasteiger partial charge in [0, 0.05) is 18.1 Å². The number of anilines is 1. The first-order chi connectivity index (χ1) is 13.6. The van der Waals surface area contributed by atoms with Crippen LogP contribution in [-0.4, -0.2) is 21.8 Å². The molecule has 4 rings (SSSR count). The molecule has 3 heterocycles. The molecule has 0 spiro atoms. The van der Waals surface area contributed by atoms with E-state index in [1.54, 1.807) is 29.4 Å². The molecular formula is C22H20N4O2. The Labute approximate surface area is 163 Å². The standard InChI is InChI=1S/C22H20N4O2/c1-15-7-9-17(10-8-15)26-19(21-18(22(26)28)6-4-12-24-21)13-20(27)25-14-16-5-2-3-11-23-16/h2-12,19H,13-14H2,1H3,(H,25,27)/t19-/m0/s1. The number of carbonyl (C=O) groups excluding carboxylic acids is 2. The third kappa shape index (κ3) is 3.49. The lowest BCUT2D eigenvalue weighted by Gasteiger charge is -2.24. The molecule has 1 aromatic carbocycles. The number of hydrogen-bond acceptors (Lipinski definition) is 4. The van der Waals surface area contributed by atoms with Gasteiger partial charge in [-0.25, -0.2) is 0 Å². The fourth-order valence-electron chi connectivity index (χ4n) is 3.39. The largest absolute Gasteiger partial charge is 0.350 e. The van der Waals surface area contributed by atoms with E-state index >= 15 is 0 Å². The molecule has 0 aliphatic carbocycles. The lowest BCUT2D eigenvalue weighted by Crippen LogP contribution is -2.33.